The molecule has 2 aromatic rings. The van der Waals surface area contributed by atoms with Gasteiger partial charge in [-0.3, -0.25) is 4.99 Å². The first-order valence-corrected chi connectivity index (χ1v) is 12.2. The van der Waals surface area contributed by atoms with Crippen LogP contribution in [0.3, 0.4) is 0 Å². The summed E-state index contributed by atoms with van der Waals surface area (Å²) in [7, 11) is 0.00617. The van der Waals surface area contributed by atoms with Gasteiger partial charge in [0.15, 0.2) is 27.3 Å². The van der Waals surface area contributed by atoms with Crippen molar-refractivity contribution in [1.82, 2.24) is 10.2 Å². The summed E-state index contributed by atoms with van der Waals surface area (Å²) in [6, 6.07) is 12.6. The van der Waals surface area contributed by atoms with Gasteiger partial charge < -0.3 is 19.7 Å². The van der Waals surface area contributed by atoms with Gasteiger partial charge in [0.05, 0.1) is 24.9 Å². The van der Waals surface area contributed by atoms with E-state index < -0.39 is 9.84 Å². The van der Waals surface area contributed by atoms with Gasteiger partial charge in [-0.2, -0.15) is 0 Å². The summed E-state index contributed by atoms with van der Waals surface area (Å²) < 4.78 is 35.8. The van der Waals surface area contributed by atoms with Crippen molar-refractivity contribution in [2.45, 2.75) is 31.2 Å². The van der Waals surface area contributed by atoms with E-state index in [0.717, 1.165) is 37.0 Å². The number of benzene rings is 2. The lowest BCUT2D eigenvalue weighted by molar-refractivity contribution is 0.346. The molecule has 9 heteroatoms. The lowest BCUT2D eigenvalue weighted by Crippen LogP contribution is -2.44. The third kappa shape index (κ3) is 6.50. The number of methoxy groups -OCH3 is 2. The van der Waals surface area contributed by atoms with Crippen LogP contribution in [-0.2, 0) is 22.8 Å². The van der Waals surface area contributed by atoms with Crippen molar-refractivity contribution in [3.8, 4) is 11.5 Å². The fraction of sp³-hybridized carbons (Fsp3) is 0.435. The van der Waals surface area contributed by atoms with Crippen LogP contribution in [0.2, 0.25) is 0 Å². The van der Waals surface area contributed by atoms with Crippen LogP contribution >= 0.6 is 24.0 Å². The molecule has 1 heterocycles. The highest BCUT2D eigenvalue weighted by Gasteiger charge is 2.22. The number of fused-ring (bicyclic) bond motifs is 1. The second-order valence-electron chi connectivity index (χ2n) is 7.37. The van der Waals surface area contributed by atoms with E-state index in [1.807, 2.05) is 25.1 Å². The van der Waals surface area contributed by atoms with Crippen LogP contribution in [0.1, 0.15) is 24.5 Å². The maximum atomic E-state index is 12.5. The molecule has 0 spiro atoms. The molecule has 7 nitrogen and oxygen atoms in total. The third-order valence-corrected chi connectivity index (χ3v) is 7.10. The largest absolute Gasteiger partial charge is 0.493 e. The summed E-state index contributed by atoms with van der Waals surface area (Å²) in [5.41, 5.74) is 2.43. The van der Waals surface area contributed by atoms with E-state index in [1.54, 1.807) is 38.5 Å². The number of nitrogens with zero attached hydrogens (tertiary/aromatic N) is 2. The van der Waals surface area contributed by atoms with E-state index in [4.69, 9.17) is 14.5 Å². The monoisotopic (exact) mass is 573 g/mol. The number of halogens is 1. The number of nitrogens with one attached hydrogen (secondary N) is 1. The number of aliphatic imine (C=N–C) groups is 1. The van der Waals surface area contributed by atoms with Crippen LogP contribution in [0.4, 0.5) is 0 Å². The first-order chi connectivity index (χ1) is 15.0. The lowest BCUT2D eigenvalue weighted by Gasteiger charge is -2.32. The van der Waals surface area contributed by atoms with Crippen molar-refractivity contribution in [2.75, 3.05) is 39.6 Å². The number of sulfone groups is 1. The SMILES string of the molecule is CCNC(=NCCCS(=O)(=O)c1ccccc1)N1CCc2cc(OC)c(OC)cc2C1.I. The zero-order chi connectivity index (χ0) is 22.3. The number of ether oxygens (including phenoxy) is 2. The van der Waals surface area contributed by atoms with Crippen molar-refractivity contribution < 1.29 is 17.9 Å². The Balaban J connectivity index is 0.00000363. The molecule has 2 aromatic carbocycles. The van der Waals surface area contributed by atoms with Crippen molar-refractivity contribution in [3.05, 3.63) is 53.6 Å². The zero-order valence-electron chi connectivity index (χ0n) is 18.8. The smallest absolute Gasteiger partial charge is 0.194 e. The number of rotatable bonds is 8. The maximum Gasteiger partial charge on any atom is 0.194 e. The van der Waals surface area contributed by atoms with Gasteiger partial charge in [-0.05, 0) is 55.2 Å². The Hall–Kier alpha value is -2.01. The molecule has 0 saturated heterocycles. The van der Waals surface area contributed by atoms with Gasteiger partial charge in [0.25, 0.3) is 0 Å². The van der Waals surface area contributed by atoms with Crippen LogP contribution in [0, 0.1) is 0 Å². The van der Waals surface area contributed by atoms with Crippen molar-refractivity contribution in [3.63, 3.8) is 0 Å². The Morgan fingerprint density at radius 1 is 1.09 bits per heavy atom. The Morgan fingerprint density at radius 3 is 2.38 bits per heavy atom. The van der Waals surface area contributed by atoms with Gasteiger partial charge in [-0.1, -0.05) is 18.2 Å². The molecular formula is C23H32IN3O4S. The van der Waals surface area contributed by atoms with E-state index in [-0.39, 0.29) is 29.7 Å². The van der Waals surface area contributed by atoms with E-state index in [9.17, 15) is 8.42 Å². The number of guanidine groups is 1. The molecule has 176 valence electrons. The summed E-state index contributed by atoms with van der Waals surface area (Å²) >= 11 is 0. The van der Waals surface area contributed by atoms with Crippen molar-refractivity contribution >= 4 is 39.8 Å². The second-order valence-corrected chi connectivity index (χ2v) is 9.48. The summed E-state index contributed by atoms with van der Waals surface area (Å²) in [4.78, 5) is 7.26. The van der Waals surface area contributed by atoms with Gasteiger partial charge in [0.1, 0.15) is 0 Å². The van der Waals surface area contributed by atoms with Crippen LogP contribution in [0.5, 0.6) is 11.5 Å². The predicted molar refractivity (Wildman–Crippen MR) is 138 cm³/mol. The average Bonchev–Trinajstić information content (AvgIpc) is 2.80. The number of hydrogen-bond donors (Lipinski definition) is 1. The molecule has 0 saturated carbocycles. The Labute approximate surface area is 208 Å². The summed E-state index contributed by atoms with van der Waals surface area (Å²) in [6.45, 7) is 4.77. The Kier molecular flexibility index (Phi) is 10.1. The molecule has 0 amide bonds. The molecular weight excluding hydrogens is 541 g/mol. The molecule has 0 atom stereocenters. The molecule has 1 N–H and O–H groups in total. The minimum Gasteiger partial charge on any atom is -0.493 e. The van der Waals surface area contributed by atoms with Gasteiger partial charge in [-0.15, -0.1) is 24.0 Å². The van der Waals surface area contributed by atoms with E-state index in [2.05, 4.69) is 10.2 Å². The first kappa shape index (κ1) is 26.2. The molecule has 0 aliphatic carbocycles. The standard InChI is InChI=1S/C23H31N3O4S.HI/c1-4-24-23(25-12-8-14-31(27,28)20-9-6-5-7-10-20)26-13-11-18-15-21(29-2)22(30-3)16-19(18)17-26;/h5-7,9-10,15-16H,4,8,11-14,17H2,1-3H3,(H,24,25);1H. The molecule has 0 fully saturated rings. The normalized spacial score (nSPS) is 13.7. The zero-order valence-corrected chi connectivity index (χ0v) is 22.0. The molecule has 1 aliphatic rings. The van der Waals surface area contributed by atoms with E-state index >= 15 is 0 Å². The minimum absolute atomic E-state index is 0. The van der Waals surface area contributed by atoms with E-state index in [1.165, 1.54) is 11.1 Å². The van der Waals surface area contributed by atoms with Gasteiger partial charge in [-0.25, -0.2) is 8.42 Å². The van der Waals surface area contributed by atoms with Gasteiger partial charge in [0, 0.05) is 26.2 Å². The predicted octanol–water partition coefficient (Wildman–Crippen LogP) is 3.51. The summed E-state index contributed by atoms with van der Waals surface area (Å²) in [6.07, 6.45) is 1.35. The van der Waals surface area contributed by atoms with Crippen LogP contribution in [0.15, 0.2) is 52.4 Å². The quantitative estimate of drug-likeness (QED) is 0.226. The van der Waals surface area contributed by atoms with Crippen LogP contribution in [-0.4, -0.2) is 58.9 Å². The van der Waals surface area contributed by atoms with Gasteiger partial charge >= 0.3 is 0 Å². The maximum absolute atomic E-state index is 12.5. The second kappa shape index (κ2) is 12.3. The average molecular weight is 573 g/mol. The molecule has 3 rings (SSSR count). The Bertz CT molecular complexity index is 1010. The summed E-state index contributed by atoms with van der Waals surface area (Å²) in [5, 5.41) is 3.33. The summed E-state index contributed by atoms with van der Waals surface area (Å²) in [5.74, 6) is 2.35. The number of hydrogen-bond acceptors (Lipinski definition) is 5. The van der Waals surface area contributed by atoms with Crippen LogP contribution in [0.25, 0.3) is 0 Å². The van der Waals surface area contributed by atoms with Crippen molar-refractivity contribution in [1.29, 1.82) is 0 Å². The van der Waals surface area contributed by atoms with Crippen LogP contribution < -0.4 is 14.8 Å². The highest BCUT2D eigenvalue weighted by Crippen LogP contribution is 2.33. The van der Waals surface area contributed by atoms with Crippen molar-refractivity contribution in [2.24, 2.45) is 4.99 Å². The molecule has 0 aromatic heterocycles. The Morgan fingerprint density at radius 2 is 1.75 bits per heavy atom. The fourth-order valence-corrected chi connectivity index (χ4v) is 4.99. The lowest BCUT2D eigenvalue weighted by atomic mass is 9.99. The van der Waals surface area contributed by atoms with E-state index in [0.29, 0.717) is 24.4 Å². The molecule has 32 heavy (non-hydrogen) atoms. The highest BCUT2D eigenvalue weighted by molar-refractivity contribution is 14.0. The fourth-order valence-electron chi connectivity index (χ4n) is 3.68. The molecule has 0 unspecified atom stereocenters. The molecule has 0 bridgehead atoms. The molecule has 0 radical (unpaired) electrons. The first-order valence-electron chi connectivity index (χ1n) is 10.5. The topological polar surface area (TPSA) is 80.2 Å². The highest BCUT2D eigenvalue weighted by atomic mass is 127. The third-order valence-electron chi connectivity index (χ3n) is 5.29. The minimum atomic E-state index is -3.28. The van der Waals surface area contributed by atoms with Gasteiger partial charge in [0.2, 0.25) is 0 Å². The molecule has 1 aliphatic heterocycles.